The number of hydrogen-bond donors (Lipinski definition) is 2. The van der Waals surface area contributed by atoms with E-state index in [4.69, 9.17) is 4.42 Å². The minimum Gasteiger partial charge on any atom is -0.407 e. The molecular formula is C11H22N4O2S. The highest BCUT2D eigenvalue weighted by Gasteiger charge is 2.08. The highest BCUT2D eigenvalue weighted by molar-refractivity contribution is 7.84. The quantitative estimate of drug-likeness (QED) is 0.740. The number of rotatable bonds is 8. The molecule has 2 atom stereocenters. The minimum absolute atomic E-state index is 0.169. The third-order valence-electron chi connectivity index (χ3n) is 2.52. The molecule has 0 bridgehead atoms. The van der Waals surface area contributed by atoms with Gasteiger partial charge in [-0.15, -0.1) is 5.10 Å². The van der Waals surface area contributed by atoms with Crippen molar-refractivity contribution >= 4 is 16.8 Å². The van der Waals surface area contributed by atoms with Gasteiger partial charge in [0.15, 0.2) is 0 Å². The van der Waals surface area contributed by atoms with Crippen molar-refractivity contribution in [3.05, 3.63) is 5.89 Å². The van der Waals surface area contributed by atoms with E-state index in [-0.39, 0.29) is 5.25 Å². The number of nitrogens with one attached hydrogen (secondary N) is 2. The topological polar surface area (TPSA) is 80.0 Å². The minimum atomic E-state index is -0.788. The molecular weight excluding hydrogens is 252 g/mol. The van der Waals surface area contributed by atoms with E-state index < -0.39 is 10.8 Å². The average molecular weight is 274 g/mol. The number of hydrogen-bond acceptors (Lipinski definition) is 6. The molecule has 0 saturated carbocycles. The monoisotopic (exact) mass is 274 g/mol. The van der Waals surface area contributed by atoms with E-state index in [9.17, 15) is 4.21 Å². The molecule has 0 fully saturated rings. The van der Waals surface area contributed by atoms with Gasteiger partial charge in [0.1, 0.15) is 0 Å². The van der Waals surface area contributed by atoms with Gasteiger partial charge < -0.3 is 15.1 Å². The van der Waals surface area contributed by atoms with Crippen LogP contribution in [-0.2, 0) is 17.3 Å². The van der Waals surface area contributed by atoms with Gasteiger partial charge in [-0.3, -0.25) is 4.21 Å². The summed E-state index contributed by atoms with van der Waals surface area (Å²) in [4.78, 5) is 0. The second-order valence-electron chi connectivity index (χ2n) is 4.56. The first-order valence-corrected chi connectivity index (χ1v) is 7.73. The molecule has 1 rings (SSSR count). The summed E-state index contributed by atoms with van der Waals surface area (Å²) in [7, 11) is -0.788. The Kier molecular flexibility index (Phi) is 6.28. The molecule has 18 heavy (non-hydrogen) atoms. The van der Waals surface area contributed by atoms with Crippen LogP contribution in [-0.4, -0.2) is 38.5 Å². The first-order valence-electron chi connectivity index (χ1n) is 6.11. The normalized spacial score (nSPS) is 14.7. The van der Waals surface area contributed by atoms with Crippen molar-refractivity contribution in [2.75, 3.05) is 18.1 Å². The summed E-state index contributed by atoms with van der Waals surface area (Å²) in [6, 6.07) is 0.804. The van der Waals surface area contributed by atoms with Gasteiger partial charge >= 0.3 is 6.01 Å². The lowest BCUT2D eigenvalue weighted by Crippen LogP contribution is -2.21. The second-order valence-corrected chi connectivity index (χ2v) is 6.36. The Balaban J connectivity index is 2.29. The van der Waals surface area contributed by atoms with Gasteiger partial charge in [0.2, 0.25) is 5.89 Å². The van der Waals surface area contributed by atoms with Gasteiger partial charge in [0.25, 0.3) is 0 Å². The van der Waals surface area contributed by atoms with E-state index in [0.717, 1.165) is 6.42 Å². The first-order chi connectivity index (χ1) is 8.49. The Morgan fingerprint density at radius 2 is 2.06 bits per heavy atom. The molecule has 2 N–H and O–H groups in total. The van der Waals surface area contributed by atoms with Gasteiger partial charge in [-0.05, 0) is 6.42 Å². The summed E-state index contributed by atoms with van der Waals surface area (Å²) in [5.41, 5.74) is 0. The first kappa shape index (κ1) is 15.1. The summed E-state index contributed by atoms with van der Waals surface area (Å²) in [5.74, 6) is 0.568. The van der Waals surface area contributed by atoms with Crippen LogP contribution in [0.25, 0.3) is 0 Å². The molecule has 0 aromatic carbocycles. The lowest BCUT2D eigenvalue weighted by molar-refractivity contribution is 0.458. The molecule has 0 aliphatic rings. The van der Waals surface area contributed by atoms with Crippen molar-refractivity contribution in [3.63, 3.8) is 0 Å². The van der Waals surface area contributed by atoms with E-state index in [1.807, 2.05) is 6.92 Å². The highest BCUT2D eigenvalue weighted by atomic mass is 32.2. The van der Waals surface area contributed by atoms with Crippen LogP contribution in [0, 0.1) is 0 Å². The summed E-state index contributed by atoms with van der Waals surface area (Å²) in [6.07, 6.45) is 2.53. The third kappa shape index (κ3) is 5.59. The Labute approximate surface area is 110 Å². The Bertz CT molecular complexity index is 381. The van der Waals surface area contributed by atoms with Gasteiger partial charge in [0, 0.05) is 34.9 Å². The van der Waals surface area contributed by atoms with E-state index in [2.05, 4.69) is 34.7 Å². The molecule has 1 aromatic rings. The predicted octanol–water partition coefficient (Wildman–Crippen LogP) is 1.14. The zero-order valence-electron chi connectivity index (χ0n) is 11.4. The largest absolute Gasteiger partial charge is 0.407 e. The molecule has 0 amide bonds. The molecule has 0 aliphatic carbocycles. The Hall–Kier alpha value is -0.950. The van der Waals surface area contributed by atoms with Crippen LogP contribution in [0.4, 0.5) is 6.01 Å². The molecule has 6 nitrogen and oxygen atoms in total. The molecule has 2 unspecified atom stereocenters. The molecule has 7 heteroatoms. The van der Waals surface area contributed by atoms with Gasteiger partial charge in [-0.1, -0.05) is 25.9 Å². The van der Waals surface area contributed by atoms with Crippen molar-refractivity contribution in [2.45, 2.75) is 45.0 Å². The van der Waals surface area contributed by atoms with Crippen LogP contribution >= 0.6 is 0 Å². The summed E-state index contributed by atoms with van der Waals surface area (Å²) in [5, 5.41) is 14.2. The Morgan fingerprint density at radius 1 is 1.33 bits per heavy atom. The highest BCUT2D eigenvalue weighted by Crippen LogP contribution is 2.06. The zero-order chi connectivity index (χ0) is 13.5. The van der Waals surface area contributed by atoms with Crippen LogP contribution < -0.4 is 10.6 Å². The van der Waals surface area contributed by atoms with Crippen molar-refractivity contribution in [1.82, 2.24) is 15.5 Å². The molecule has 1 heterocycles. The van der Waals surface area contributed by atoms with Crippen LogP contribution in [0.5, 0.6) is 0 Å². The summed E-state index contributed by atoms with van der Waals surface area (Å²) >= 11 is 0. The van der Waals surface area contributed by atoms with E-state index in [1.165, 1.54) is 0 Å². The third-order valence-corrected chi connectivity index (χ3v) is 3.89. The maximum atomic E-state index is 11.2. The molecule has 0 radical (unpaired) electrons. The maximum absolute atomic E-state index is 11.2. The van der Waals surface area contributed by atoms with Gasteiger partial charge in [-0.2, -0.15) is 0 Å². The maximum Gasteiger partial charge on any atom is 0.315 e. The fourth-order valence-corrected chi connectivity index (χ4v) is 1.69. The lowest BCUT2D eigenvalue weighted by atomic mass is 10.3. The lowest BCUT2D eigenvalue weighted by Gasteiger charge is -2.07. The van der Waals surface area contributed by atoms with Crippen molar-refractivity contribution in [3.8, 4) is 0 Å². The molecule has 104 valence electrons. The fourth-order valence-electron chi connectivity index (χ4n) is 1.24. The van der Waals surface area contributed by atoms with Crippen LogP contribution in [0.15, 0.2) is 4.42 Å². The fraction of sp³-hybridized carbons (Fsp3) is 0.818. The molecule has 0 spiro atoms. The molecule has 0 aliphatic heterocycles. The van der Waals surface area contributed by atoms with Crippen molar-refractivity contribution in [2.24, 2.45) is 0 Å². The Morgan fingerprint density at radius 3 is 2.67 bits per heavy atom. The zero-order valence-corrected chi connectivity index (χ0v) is 12.2. The predicted molar refractivity (Wildman–Crippen MR) is 72.9 cm³/mol. The van der Waals surface area contributed by atoms with Crippen LogP contribution in [0.2, 0.25) is 0 Å². The SMILES string of the molecule is CC(C)NCc1nnc(NCCC(C)S(C)=O)o1. The van der Waals surface area contributed by atoms with E-state index in [0.29, 0.717) is 31.0 Å². The van der Waals surface area contributed by atoms with Crippen LogP contribution in [0.1, 0.15) is 33.1 Å². The summed E-state index contributed by atoms with van der Waals surface area (Å²) in [6.45, 7) is 7.33. The standard InChI is InChI=1S/C11H22N4O2S/c1-8(2)13-7-10-14-15-11(17-10)12-6-5-9(3)18(4)16/h8-9,13H,5-7H2,1-4H3,(H,12,15). The van der Waals surface area contributed by atoms with Gasteiger partial charge in [-0.25, -0.2) is 0 Å². The number of aromatic nitrogens is 2. The average Bonchev–Trinajstić information content (AvgIpc) is 2.74. The smallest absolute Gasteiger partial charge is 0.315 e. The number of nitrogens with zero attached hydrogens (tertiary/aromatic N) is 2. The molecule has 0 saturated heterocycles. The van der Waals surface area contributed by atoms with Crippen molar-refractivity contribution in [1.29, 1.82) is 0 Å². The van der Waals surface area contributed by atoms with Gasteiger partial charge in [0.05, 0.1) is 6.54 Å². The van der Waals surface area contributed by atoms with E-state index in [1.54, 1.807) is 6.26 Å². The molecule has 1 aromatic heterocycles. The van der Waals surface area contributed by atoms with Crippen molar-refractivity contribution < 1.29 is 8.63 Å². The van der Waals surface area contributed by atoms with Crippen LogP contribution in [0.3, 0.4) is 0 Å². The summed E-state index contributed by atoms with van der Waals surface area (Å²) < 4.78 is 16.6. The van der Waals surface area contributed by atoms with E-state index >= 15 is 0 Å². The second kappa shape index (κ2) is 7.48. The number of anilines is 1.